The Bertz CT molecular complexity index is 577. The van der Waals surface area contributed by atoms with Crippen molar-refractivity contribution in [2.45, 2.75) is 32.7 Å². The fourth-order valence-corrected chi connectivity index (χ4v) is 2.23. The highest BCUT2D eigenvalue weighted by Crippen LogP contribution is 2.13. The molecular formula is C15H20N4O. The van der Waals surface area contributed by atoms with Crippen LogP contribution in [0.1, 0.15) is 30.3 Å². The molecule has 2 rings (SSSR count). The van der Waals surface area contributed by atoms with Crippen molar-refractivity contribution in [2.75, 3.05) is 0 Å². The molecule has 5 nitrogen and oxygen atoms in total. The van der Waals surface area contributed by atoms with E-state index >= 15 is 0 Å². The quantitative estimate of drug-likeness (QED) is 0.474. The highest BCUT2D eigenvalue weighted by Gasteiger charge is 2.09. The molecule has 1 aromatic carbocycles. The first kappa shape index (κ1) is 14.3. The molecular weight excluding hydrogens is 252 g/mol. The lowest BCUT2D eigenvalue weighted by Crippen LogP contribution is -2.31. The van der Waals surface area contributed by atoms with E-state index in [9.17, 15) is 4.79 Å². The second kappa shape index (κ2) is 6.86. The molecule has 20 heavy (non-hydrogen) atoms. The minimum atomic E-state index is -0.183. The van der Waals surface area contributed by atoms with Crippen molar-refractivity contribution in [2.24, 2.45) is 5.84 Å². The molecule has 3 N–H and O–H groups in total. The molecule has 0 aliphatic carbocycles. The van der Waals surface area contributed by atoms with E-state index in [0.29, 0.717) is 6.42 Å². The van der Waals surface area contributed by atoms with Gasteiger partial charge in [-0.05, 0) is 17.5 Å². The zero-order valence-corrected chi connectivity index (χ0v) is 11.7. The number of aryl methyl sites for hydroxylation is 1. The van der Waals surface area contributed by atoms with Gasteiger partial charge in [-0.1, -0.05) is 31.2 Å². The Morgan fingerprint density at radius 3 is 2.80 bits per heavy atom. The predicted octanol–water partition coefficient (Wildman–Crippen LogP) is 1.42. The molecule has 106 valence electrons. The molecule has 0 saturated carbocycles. The third kappa shape index (κ3) is 3.45. The average Bonchev–Trinajstić information content (AvgIpc) is 2.88. The van der Waals surface area contributed by atoms with Crippen LogP contribution in [0.15, 0.2) is 36.7 Å². The number of nitrogens with one attached hydrogen (secondary N) is 1. The highest BCUT2D eigenvalue weighted by molar-refractivity contribution is 5.78. The number of hydrazine groups is 1. The summed E-state index contributed by atoms with van der Waals surface area (Å²) in [5.41, 5.74) is 4.28. The molecule has 2 aromatic rings. The number of hydrogen-bond acceptors (Lipinski definition) is 3. The van der Waals surface area contributed by atoms with Gasteiger partial charge < -0.3 is 4.57 Å². The Morgan fingerprint density at radius 1 is 1.35 bits per heavy atom. The third-order valence-corrected chi connectivity index (χ3v) is 3.25. The summed E-state index contributed by atoms with van der Waals surface area (Å²) >= 11 is 0. The first-order valence-corrected chi connectivity index (χ1v) is 6.80. The summed E-state index contributed by atoms with van der Waals surface area (Å²) in [7, 11) is 0. The predicted molar refractivity (Wildman–Crippen MR) is 77.8 cm³/mol. The molecule has 1 heterocycles. The number of benzene rings is 1. The van der Waals surface area contributed by atoms with Gasteiger partial charge in [-0.25, -0.2) is 10.8 Å². The number of amides is 1. The van der Waals surface area contributed by atoms with Crippen LogP contribution >= 0.6 is 0 Å². The minimum absolute atomic E-state index is 0.183. The van der Waals surface area contributed by atoms with E-state index in [1.54, 1.807) is 0 Å². The first-order chi connectivity index (χ1) is 9.74. The Morgan fingerprint density at radius 2 is 2.10 bits per heavy atom. The van der Waals surface area contributed by atoms with E-state index in [4.69, 9.17) is 5.84 Å². The molecule has 0 aliphatic rings. The number of carbonyl (C=O) groups is 1. The van der Waals surface area contributed by atoms with Crippen LogP contribution in [0.25, 0.3) is 0 Å². The van der Waals surface area contributed by atoms with Crippen LogP contribution < -0.4 is 11.3 Å². The van der Waals surface area contributed by atoms with Crippen LogP contribution in [0.3, 0.4) is 0 Å². The van der Waals surface area contributed by atoms with E-state index in [-0.39, 0.29) is 5.91 Å². The molecule has 0 aliphatic heterocycles. The summed E-state index contributed by atoms with van der Waals surface area (Å²) in [4.78, 5) is 15.8. The van der Waals surface area contributed by atoms with E-state index in [0.717, 1.165) is 36.3 Å². The Kier molecular flexibility index (Phi) is 4.90. The van der Waals surface area contributed by atoms with E-state index in [2.05, 4.69) is 21.9 Å². The number of aromatic nitrogens is 2. The number of nitrogens with two attached hydrogens (primary N) is 1. The van der Waals surface area contributed by atoms with Crippen molar-refractivity contribution in [3.05, 3.63) is 53.6 Å². The number of rotatable bonds is 6. The summed E-state index contributed by atoms with van der Waals surface area (Å²) < 4.78 is 2.13. The van der Waals surface area contributed by atoms with Crippen molar-refractivity contribution in [1.29, 1.82) is 0 Å². The van der Waals surface area contributed by atoms with E-state index in [1.165, 1.54) is 0 Å². The molecule has 0 saturated heterocycles. The monoisotopic (exact) mass is 272 g/mol. The van der Waals surface area contributed by atoms with Crippen LogP contribution in [0.2, 0.25) is 0 Å². The van der Waals surface area contributed by atoms with Crippen molar-refractivity contribution < 1.29 is 4.79 Å². The summed E-state index contributed by atoms with van der Waals surface area (Å²) in [6.07, 6.45) is 6.11. The molecule has 0 radical (unpaired) electrons. The average molecular weight is 272 g/mol. The van der Waals surface area contributed by atoms with Gasteiger partial charge in [0.25, 0.3) is 0 Å². The molecule has 0 spiro atoms. The number of hydrogen-bond donors (Lipinski definition) is 2. The topological polar surface area (TPSA) is 72.9 Å². The van der Waals surface area contributed by atoms with E-state index in [1.807, 2.05) is 36.7 Å². The normalized spacial score (nSPS) is 10.5. The molecule has 0 bridgehead atoms. The van der Waals surface area contributed by atoms with Gasteiger partial charge in [0, 0.05) is 25.4 Å². The van der Waals surface area contributed by atoms with Gasteiger partial charge in [-0.15, -0.1) is 0 Å². The van der Waals surface area contributed by atoms with Crippen LogP contribution in [-0.4, -0.2) is 15.5 Å². The first-order valence-electron chi connectivity index (χ1n) is 6.80. The minimum Gasteiger partial charge on any atom is -0.331 e. The van der Waals surface area contributed by atoms with Crippen molar-refractivity contribution >= 4 is 5.91 Å². The van der Waals surface area contributed by atoms with Gasteiger partial charge in [-0.2, -0.15) is 0 Å². The summed E-state index contributed by atoms with van der Waals surface area (Å²) in [6, 6.07) is 7.91. The fourth-order valence-electron chi connectivity index (χ4n) is 2.23. The lowest BCUT2D eigenvalue weighted by Gasteiger charge is -2.11. The van der Waals surface area contributed by atoms with Gasteiger partial charge in [0.15, 0.2) is 0 Å². The summed E-state index contributed by atoms with van der Waals surface area (Å²) in [5, 5.41) is 0. The second-order valence-corrected chi connectivity index (χ2v) is 4.73. The van der Waals surface area contributed by atoms with Gasteiger partial charge >= 0.3 is 0 Å². The maximum absolute atomic E-state index is 11.5. The molecule has 0 unspecified atom stereocenters. The molecule has 5 heteroatoms. The Labute approximate surface area is 118 Å². The van der Waals surface area contributed by atoms with Crippen molar-refractivity contribution in [1.82, 2.24) is 15.0 Å². The van der Waals surface area contributed by atoms with Crippen LogP contribution in [0.4, 0.5) is 0 Å². The maximum Gasteiger partial charge on any atom is 0.238 e. The van der Waals surface area contributed by atoms with Crippen LogP contribution in [-0.2, 0) is 24.2 Å². The summed E-state index contributed by atoms with van der Waals surface area (Å²) in [6.45, 7) is 2.86. The number of nitrogens with zero attached hydrogens (tertiary/aromatic N) is 2. The highest BCUT2D eigenvalue weighted by atomic mass is 16.2. The lowest BCUT2D eigenvalue weighted by atomic mass is 10.0. The van der Waals surface area contributed by atoms with Gasteiger partial charge in [-0.3, -0.25) is 10.2 Å². The standard InChI is InChI=1S/C15H20N4O/c1-2-5-14-17-8-9-19(14)11-13-7-4-3-6-12(13)10-15(20)18-16/h3-4,6-9H,2,5,10-11,16H2,1H3,(H,18,20). The SMILES string of the molecule is CCCc1nccn1Cc1ccccc1CC(=O)NN. The zero-order valence-electron chi connectivity index (χ0n) is 11.7. The second-order valence-electron chi connectivity index (χ2n) is 4.73. The maximum atomic E-state index is 11.5. The molecule has 0 atom stereocenters. The third-order valence-electron chi connectivity index (χ3n) is 3.25. The molecule has 1 aromatic heterocycles. The smallest absolute Gasteiger partial charge is 0.238 e. The Hall–Kier alpha value is -2.14. The zero-order chi connectivity index (χ0) is 14.4. The Balaban J connectivity index is 2.20. The van der Waals surface area contributed by atoms with Crippen molar-refractivity contribution in [3.8, 4) is 0 Å². The number of carbonyl (C=O) groups excluding carboxylic acids is 1. The molecule has 1 amide bonds. The van der Waals surface area contributed by atoms with Crippen molar-refractivity contribution in [3.63, 3.8) is 0 Å². The van der Waals surface area contributed by atoms with Crippen LogP contribution in [0, 0.1) is 0 Å². The van der Waals surface area contributed by atoms with Gasteiger partial charge in [0.1, 0.15) is 5.82 Å². The number of imidazole rings is 1. The van der Waals surface area contributed by atoms with Crippen LogP contribution in [0.5, 0.6) is 0 Å². The largest absolute Gasteiger partial charge is 0.331 e. The molecule has 0 fully saturated rings. The summed E-state index contributed by atoms with van der Waals surface area (Å²) in [5.74, 6) is 6.05. The van der Waals surface area contributed by atoms with Gasteiger partial charge in [0.2, 0.25) is 5.91 Å². The lowest BCUT2D eigenvalue weighted by molar-refractivity contribution is -0.120. The van der Waals surface area contributed by atoms with E-state index < -0.39 is 0 Å². The van der Waals surface area contributed by atoms with Gasteiger partial charge in [0.05, 0.1) is 6.42 Å². The fraction of sp³-hybridized carbons (Fsp3) is 0.333.